The third kappa shape index (κ3) is 4.57. The number of piperidine rings is 1. The molecule has 3 heteroatoms. The number of benzene rings is 1. The van der Waals surface area contributed by atoms with Crippen molar-refractivity contribution in [1.82, 2.24) is 4.90 Å². The van der Waals surface area contributed by atoms with Crippen LogP contribution in [0.5, 0.6) is 0 Å². The molecule has 21 heavy (non-hydrogen) atoms. The molecule has 0 bridgehead atoms. The quantitative estimate of drug-likeness (QED) is 0.868. The lowest BCUT2D eigenvalue weighted by Crippen LogP contribution is -2.43. The lowest BCUT2D eigenvalue weighted by molar-refractivity contribution is -0.135. The molecule has 2 N–H and O–H groups in total. The molecular formula is C18H28N2O. The minimum atomic E-state index is -0.0374. The lowest BCUT2D eigenvalue weighted by Gasteiger charge is -2.36. The highest BCUT2D eigenvalue weighted by atomic mass is 16.2. The lowest BCUT2D eigenvalue weighted by atomic mass is 9.96. The molecule has 0 spiro atoms. The number of likely N-dealkylation sites (tertiary alicyclic amines) is 1. The van der Waals surface area contributed by atoms with Gasteiger partial charge in [0.1, 0.15) is 0 Å². The molecule has 1 fully saturated rings. The van der Waals surface area contributed by atoms with Gasteiger partial charge in [-0.3, -0.25) is 4.79 Å². The second-order valence-corrected chi connectivity index (χ2v) is 6.08. The molecule has 0 radical (unpaired) electrons. The molecule has 2 unspecified atom stereocenters. The predicted molar refractivity (Wildman–Crippen MR) is 86.9 cm³/mol. The van der Waals surface area contributed by atoms with Crippen LogP contribution in [0.15, 0.2) is 30.3 Å². The Hall–Kier alpha value is -1.35. The van der Waals surface area contributed by atoms with E-state index >= 15 is 0 Å². The average molecular weight is 288 g/mol. The highest BCUT2D eigenvalue weighted by molar-refractivity contribution is 5.76. The van der Waals surface area contributed by atoms with E-state index in [1.807, 2.05) is 30.3 Å². The molecule has 0 aromatic heterocycles. The first-order valence-corrected chi connectivity index (χ1v) is 8.32. The largest absolute Gasteiger partial charge is 0.340 e. The Morgan fingerprint density at radius 3 is 2.81 bits per heavy atom. The van der Waals surface area contributed by atoms with Crippen molar-refractivity contribution in [3.8, 4) is 0 Å². The fraction of sp³-hybridized carbons (Fsp3) is 0.611. The van der Waals surface area contributed by atoms with Gasteiger partial charge in [-0.1, -0.05) is 43.7 Å². The molecule has 1 heterocycles. The van der Waals surface area contributed by atoms with Crippen LogP contribution < -0.4 is 5.73 Å². The van der Waals surface area contributed by atoms with Crippen molar-refractivity contribution in [1.29, 1.82) is 0 Å². The van der Waals surface area contributed by atoms with Crippen LogP contribution in [0.2, 0.25) is 0 Å². The number of hydrogen-bond acceptors (Lipinski definition) is 2. The van der Waals surface area contributed by atoms with Gasteiger partial charge in [0.25, 0.3) is 0 Å². The van der Waals surface area contributed by atoms with E-state index < -0.39 is 0 Å². The first kappa shape index (κ1) is 16.0. The van der Waals surface area contributed by atoms with Crippen LogP contribution in [0, 0.1) is 0 Å². The smallest absolute Gasteiger partial charge is 0.222 e. The number of amides is 1. The molecule has 0 saturated carbocycles. The van der Waals surface area contributed by atoms with Gasteiger partial charge < -0.3 is 10.6 Å². The third-order valence-corrected chi connectivity index (χ3v) is 4.47. The van der Waals surface area contributed by atoms with Crippen LogP contribution in [0.3, 0.4) is 0 Å². The molecule has 1 aromatic rings. The van der Waals surface area contributed by atoms with Gasteiger partial charge in [-0.2, -0.15) is 0 Å². The highest BCUT2D eigenvalue weighted by Gasteiger charge is 2.25. The molecule has 116 valence electrons. The van der Waals surface area contributed by atoms with E-state index in [-0.39, 0.29) is 6.04 Å². The van der Waals surface area contributed by atoms with Crippen molar-refractivity contribution >= 4 is 5.91 Å². The summed E-state index contributed by atoms with van der Waals surface area (Å²) >= 11 is 0. The molecule has 1 aromatic carbocycles. The molecule has 1 amide bonds. The molecule has 1 aliphatic rings. The van der Waals surface area contributed by atoms with Gasteiger partial charge in [-0.15, -0.1) is 0 Å². The number of rotatable bonds is 6. The molecule has 3 nitrogen and oxygen atoms in total. The summed E-state index contributed by atoms with van der Waals surface area (Å²) < 4.78 is 0. The SMILES string of the molecule is CCCC1CCCCN1C(=O)CCC(N)c1ccccc1. The summed E-state index contributed by atoms with van der Waals surface area (Å²) in [5.74, 6) is 0.291. The van der Waals surface area contributed by atoms with Crippen molar-refractivity contribution < 1.29 is 4.79 Å². The zero-order valence-electron chi connectivity index (χ0n) is 13.1. The average Bonchev–Trinajstić information content (AvgIpc) is 2.54. The minimum Gasteiger partial charge on any atom is -0.340 e. The van der Waals surface area contributed by atoms with Crippen molar-refractivity contribution in [2.45, 2.75) is 64.0 Å². The summed E-state index contributed by atoms with van der Waals surface area (Å²) in [7, 11) is 0. The molecule has 1 aliphatic heterocycles. The standard InChI is InChI=1S/C18H28N2O/c1-2-8-16-11-6-7-14-20(16)18(21)13-12-17(19)15-9-4-3-5-10-15/h3-5,9-10,16-17H,2,6-8,11-14,19H2,1H3. The summed E-state index contributed by atoms with van der Waals surface area (Å²) in [5.41, 5.74) is 7.31. The van der Waals surface area contributed by atoms with Crippen molar-refractivity contribution in [3.63, 3.8) is 0 Å². The number of carbonyl (C=O) groups is 1. The highest BCUT2D eigenvalue weighted by Crippen LogP contribution is 2.23. The Morgan fingerprint density at radius 1 is 1.33 bits per heavy atom. The maximum absolute atomic E-state index is 12.5. The van der Waals surface area contributed by atoms with Crippen LogP contribution in [-0.2, 0) is 4.79 Å². The zero-order chi connectivity index (χ0) is 15.1. The van der Waals surface area contributed by atoms with Crippen molar-refractivity contribution in [3.05, 3.63) is 35.9 Å². The summed E-state index contributed by atoms with van der Waals surface area (Å²) in [4.78, 5) is 14.6. The summed E-state index contributed by atoms with van der Waals surface area (Å²) in [5, 5.41) is 0. The molecule has 0 aliphatic carbocycles. The van der Waals surface area contributed by atoms with E-state index in [0.29, 0.717) is 18.4 Å². The maximum Gasteiger partial charge on any atom is 0.222 e. The Bertz CT molecular complexity index is 430. The Labute approximate surface area is 128 Å². The topological polar surface area (TPSA) is 46.3 Å². The van der Waals surface area contributed by atoms with Crippen LogP contribution >= 0.6 is 0 Å². The maximum atomic E-state index is 12.5. The van der Waals surface area contributed by atoms with Gasteiger partial charge in [-0.05, 0) is 37.7 Å². The van der Waals surface area contributed by atoms with Crippen LogP contribution in [0.25, 0.3) is 0 Å². The van der Waals surface area contributed by atoms with Gasteiger partial charge in [0.15, 0.2) is 0 Å². The van der Waals surface area contributed by atoms with Crippen LogP contribution in [-0.4, -0.2) is 23.4 Å². The fourth-order valence-electron chi connectivity index (χ4n) is 3.25. The van der Waals surface area contributed by atoms with E-state index in [4.69, 9.17) is 5.73 Å². The fourth-order valence-corrected chi connectivity index (χ4v) is 3.25. The second kappa shape index (κ2) is 8.18. The normalized spacial score (nSPS) is 20.3. The van der Waals surface area contributed by atoms with Gasteiger partial charge >= 0.3 is 0 Å². The van der Waals surface area contributed by atoms with Gasteiger partial charge in [0, 0.05) is 25.0 Å². The van der Waals surface area contributed by atoms with E-state index in [1.54, 1.807) is 0 Å². The summed E-state index contributed by atoms with van der Waals surface area (Å²) in [6.07, 6.45) is 7.17. The van der Waals surface area contributed by atoms with Gasteiger partial charge in [-0.25, -0.2) is 0 Å². The third-order valence-electron chi connectivity index (χ3n) is 4.47. The number of nitrogens with two attached hydrogens (primary N) is 1. The Morgan fingerprint density at radius 2 is 2.10 bits per heavy atom. The first-order chi connectivity index (χ1) is 10.2. The van der Waals surface area contributed by atoms with Gasteiger partial charge in [0.2, 0.25) is 5.91 Å². The van der Waals surface area contributed by atoms with Crippen LogP contribution in [0.4, 0.5) is 0 Å². The molecule has 1 saturated heterocycles. The predicted octanol–water partition coefficient (Wildman–Crippen LogP) is 3.65. The molecule has 2 atom stereocenters. The Kier molecular flexibility index (Phi) is 6.24. The van der Waals surface area contributed by atoms with E-state index in [1.165, 1.54) is 12.8 Å². The number of nitrogens with zero attached hydrogens (tertiary/aromatic N) is 1. The van der Waals surface area contributed by atoms with E-state index in [0.717, 1.165) is 37.8 Å². The monoisotopic (exact) mass is 288 g/mol. The number of carbonyl (C=O) groups excluding carboxylic acids is 1. The Balaban J connectivity index is 1.85. The zero-order valence-corrected chi connectivity index (χ0v) is 13.1. The summed E-state index contributed by atoms with van der Waals surface area (Å²) in [6, 6.07) is 10.5. The summed E-state index contributed by atoms with van der Waals surface area (Å²) in [6.45, 7) is 3.13. The van der Waals surface area contributed by atoms with E-state index in [2.05, 4.69) is 11.8 Å². The van der Waals surface area contributed by atoms with Gasteiger partial charge in [0.05, 0.1) is 0 Å². The molecular weight excluding hydrogens is 260 g/mol. The first-order valence-electron chi connectivity index (χ1n) is 8.32. The minimum absolute atomic E-state index is 0.0374. The number of hydrogen-bond donors (Lipinski definition) is 1. The van der Waals surface area contributed by atoms with E-state index in [9.17, 15) is 4.79 Å². The van der Waals surface area contributed by atoms with Crippen molar-refractivity contribution in [2.75, 3.05) is 6.54 Å². The molecule has 2 rings (SSSR count). The van der Waals surface area contributed by atoms with Crippen molar-refractivity contribution in [2.24, 2.45) is 5.73 Å². The second-order valence-electron chi connectivity index (χ2n) is 6.08. The van der Waals surface area contributed by atoms with Crippen LogP contribution in [0.1, 0.15) is 63.5 Å².